The van der Waals surface area contributed by atoms with E-state index in [0.717, 1.165) is 25.9 Å². The molecule has 6 nitrogen and oxygen atoms in total. The van der Waals surface area contributed by atoms with Gasteiger partial charge < -0.3 is 14.6 Å². The Balaban J connectivity index is 2.03. The highest BCUT2D eigenvalue weighted by atomic mass is 79.9. The predicted octanol–water partition coefficient (Wildman–Crippen LogP) is 2.31. The van der Waals surface area contributed by atoms with Gasteiger partial charge >= 0.3 is 12.7 Å². The second-order valence-corrected chi connectivity index (χ2v) is 5.77. The Morgan fingerprint density at radius 2 is 2.15 bits per heavy atom. The first-order valence-corrected chi connectivity index (χ1v) is 7.29. The predicted molar refractivity (Wildman–Crippen MR) is 79.9 cm³/mol. The summed E-state index contributed by atoms with van der Waals surface area (Å²) in [6, 6.07) is 4.79. The van der Waals surface area contributed by atoms with E-state index in [9.17, 15) is 15.1 Å². The van der Waals surface area contributed by atoms with Crippen LogP contribution in [0.4, 0.5) is 5.69 Å². The van der Waals surface area contributed by atoms with Crippen molar-refractivity contribution in [2.24, 2.45) is 0 Å². The van der Waals surface area contributed by atoms with Crippen LogP contribution < -0.4 is 4.74 Å². The molecule has 1 aliphatic rings. The zero-order valence-electron chi connectivity index (χ0n) is 11.2. The molecule has 0 aliphatic carbocycles. The molecular weight excluding hydrogens is 327 g/mol. The van der Waals surface area contributed by atoms with Crippen LogP contribution in [0, 0.1) is 10.1 Å². The summed E-state index contributed by atoms with van der Waals surface area (Å²) >= 11 is 3.22. The quantitative estimate of drug-likeness (QED) is 0.516. The molecule has 0 atom stereocenters. The van der Waals surface area contributed by atoms with E-state index >= 15 is 0 Å². The van der Waals surface area contributed by atoms with Gasteiger partial charge in [0.15, 0.2) is 5.75 Å². The maximum atomic E-state index is 11.0. The first-order valence-electron chi connectivity index (χ1n) is 6.50. The zero-order chi connectivity index (χ0) is 14.7. The lowest BCUT2D eigenvalue weighted by molar-refractivity contribution is -0.386. The molecule has 0 spiro atoms. The van der Waals surface area contributed by atoms with Crippen LogP contribution in [-0.2, 0) is 0 Å². The summed E-state index contributed by atoms with van der Waals surface area (Å²) in [4.78, 5) is 12.5. The Morgan fingerprint density at radius 1 is 1.50 bits per heavy atom. The van der Waals surface area contributed by atoms with E-state index in [0.29, 0.717) is 10.2 Å². The highest BCUT2D eigenvalue weighted by Crippen LogP contribution is 2.32. The first-order chi connectivity index (χ1) is 9.47. The van der Waals surface area contributed by atoms with E-state index in [2.05, 4.69) is 15.9 Å². The Hall–Kier alpha value is -1.12. The van der Waals surface area contributed by atoms with E-state index in [-0.39, 0.29) is 11.8 Å². The van der Waals surface area contributed by atoms with Crippen molar-refractivity contribution >= 4 is 28.7 Å². The van der Waals surface area contributed by atoms with Crippen molar-refractivity contribution in [3.05, 3.63) is 32.8 Å². The lowest BCUT2D eigenvalue weighted by Crippen LogP contribution is -2.45. The Kier molecular flexibility index (Phi) is 5.01. The van der Waals surface area contributed by atoms with Gasteiger partial charge in [0, 0.05) is 10.5 Å². The maximum absolute atomic E-state index is 11.0. The molecule has 0 radical (unpaired) electrons. The average molecular weight is 343 g/mol. The molecule has 1 saturated heterocycles. The molecule has 1 fully saturated rings. The van der Waals surface area contributed by atoms with Gasteiger partial charge in [-0.1, -0.05) is 15.9 Å². The van der Waals surface area contributed by atoms with Crippen molar-refractivity contribution in [3.63, 3.8) is 0 Å². The van der Waals surface area contributed by atoms with Crippen LogP contribution in [0.25, 0.3) is 0 Å². The number of benzene rings is 1. The number of nitro groups is 1. The fourth-order valence-electron chi connectivity index (χ4n) is 2.28. The Bertz CT molecular complexity index is 492. The lowest BCUT2D eigenvalue weighted by atomic mass is 9.82. The molecule has 1 N–H and O–H groups in total. The number of rotatable bonds is 4. The van der Waals surface area contributed by atoms with Gasteiger partial charge in [-0.2, -0.15) is 0 Å². The first kappa shape index (κ1) is 15.3. The van der Waals surface area contributed by atoms with Crippen LogP contribution in [0.15, 0.2) is 22.7 Å². The van der Waals surface area contributed by atoms with Crippen molar-refractivity contribution < 1.29 is 14.7 Å². The maximum Gasteiger partial charge on any atom is 0.376 e. The summed E-state index contributed by atoms with van der Waals surface area (Å²) in [6.07, 6.45) is 1.45. The van der Waals surface area contributed by atoms with Crippen molar-refractivity contribution in [2.75, 3.05) is 13.1 Å². The van der Waals surface area contributed by atoms with E-state index in [1.165, 1.54) is 6.07 Å². The fourth-order valence-corrected chi connectivity index (χ4v) is 2.63. The van der Waals surface area contributed by atoms with Crippen molar-refractivity contribution in [1.82, 2.24) is 4.81 Å². The summed E-state index contributed by atoms with van der Waals surface area (Å²) in [5.41, 5.74) is -0.0302. The molecule has 1 heterocycles. The molecule has 0 amide bonds. The summed E-state index contributed by atoms with van der Waals surface area (Å²) in [5.74, 6) is 0.300. The Morgan fingerprint density at radius 3 is 2.70 bits per heavy atom. The van der Waals surface area contributed by atoms with Crippen LogP contribution in [0.3, 0.4) is 0 Å². The number of halogens is 1. The van der Waals surface area contributed by atoms with Gasteiger partial charge in [0.05, 0.1) is 4.92 Å². The van der Waals surface area contributed by atoms with Crippen LogP contribution in [0.5, 0.6) is 5.75 Å². The third kappa shape index (κ3) is 3.71. The normalized spacial score (nSPS) is 16.9. The van der Waals surface area contributed by atoms with Gasteiger partial charge in [-0.15, -0.1) is 0 Å². The highest BCUT2D eigenvalue weighted by Gasteiger charge is 2.26. The van der Waals surface area contributed by atoms with Gasteiger partial charge in [0.1, 0.15) is 6.10 Å². The molecule has 0 unspecified atom stereocenters. The van der Waals surface area contributed by atoms with E-state index in [1.54, 1.807) is 19.0 Å². The van der Waals surface area contributed by atoms with Crippen LogP contribution in [0.2, 0.25) is 6.82 Å². The molecule has 0 saturated carbocycles. The number of piperidine rings is 1. The summed E-state index contributed by atoms with van der Waals surface area (Å²) in [7, 11) is -0.460. The lowest BCUT2D eigenvalue weighted by Gasteiger charge is -2.32. The Labute approximate surface area is 126 Å². The molecule has 8 heteroatoms. The third-order valence-electron chi connectivity index (χ3n) is 3.42. The zero-order valence-corrected chi connectivity index (χ0v) is 12.7. The largest absolute Gasteiger partial charge is 0.483 e. The SMILES string of the molecule is CB(O)N1CCC(Oc2ccc(Br)cc2[N+](=O)[O-])CC1. The van der Waals surface area contributed by atoms with Gasteiger partial charge in [0.2, 0.25) is 0 Å². The van der Waals surface area contributed by atoms with Crippen molar-refractivity contribution in [3.8, 4) is 5.75 Å². The van der Waals surface area contributed by atoms with Crippen molar-refractivity contribution in [1.29, 1.82) is 0 Å². The molecule has 1 aromatic carbocycles. The van der Waals surface area contributed by atoms with Gasteiger partial charge in [0.25, 0.3) is 0 Å². The molecule has 1 aromatic rings. The fraction of sp³-hybridized carbons (Fsp3) is 0.500. The van der Waals surface area contributed by atoms with Gasteiger partial charge in [-0.3, -0.25) is 10.1 Å². The van der Waals surface area contributed by atoms with Crippen molar-refractivity contribution in [2.45, 2.75) is 25.8 Å². The third-order valence-corrected chi connectivity index (χ3v) is 3.91. The topological polar surface area (TPSA) is 75.8 Å². The minimum absolute atomic E-state index is 0.0302. The monoisotopic (exact) mass is 342 g/mol. The van der Waals surface area contributed by atoms with Crippen LogP contribution in [-0.4, -0.2) is 41.0 Å². The standard InChI is InChI=1S/C12H16BBrN2O4/c1-13(17)15-6-4-10(5-7-15)20-12-3-2-9(14)8-11(12)16(18)19/h2-3,8,10,17H,4-7H2,1H3. The molecule has 1 aliphatic heterocycles. The number of hydrogen-bond acceptors (Lipinski definition) is 5. The molecule has 2 rings (SSSR count). The number of hydrogen-bond donors (Lipinski definition) is 1. The molecule has 0 aromatic heterocycles. The summed E-state index contributed by atoms with van der Waals surface area (Å²) in [6.45, 7) is 3.19. The van der Waals surface area contributed by atoms with Crippen LogP contribution >= 0.6 is 15.9 Å². The smallest absolute Gasteiger partial charge is 0.376 e. The number of nitrogens with zero attached hydrogens (tertiary/aromatic N) is 2. The van der Waals surface area contributed by atoms with Gasteiger partial charge in [-0.05, 0) is 44.9 Å². The molecule has 0 bridgehead atoms. The minimum atomic E-state index is -0.460. The molecule has 108 valence electrons. The highest BCUT2D eigenvalue weighted by molar-refractivity contribution is 9.10. The van der Waals surface area contributed by atoms with E-state index in [4.69, 9.17) is 4.74 Å². The number of nitro benzene ring substituents is 1. The summed E-state index contributed by atoms with van der Waals surface area (Å²) in [5, 5.41) is 20.5. The summed E-state index contributed by atoms with van der Waals surface area (Å²) < 4.78 is 6.41. The second kappa shape index (κ2) is 6.56. The minimum Gasteiger partial charge on any atom is -0.483 e. The molecular formula is C12H16BBrN2O4. The van der Waals surface area contributed by atoms with Crippen LogP contribution in [0.1, 0.15) is 12.8 Å². The van der Waals surface area contributed by atoms with Gasteiger partial charge in [-0.25, -0.2) is 0 Å². The second-order valence-electron chi connectivity index (χ2n) is 4.85. The molecule has 20 heavy (non-hydrogen) atoms. The average Bonchev–Trinajstić information content (AvgIpc) is 2.41. The number of ether oxygens (including phenoxy) is 1. The van der Waals surface area contributed by atoms with E-state index < -0.39 is 12.0 Å². The van der Waals surface area contributed by atoms with E-state index in [1.807, 2.05) is 4.81 Å².